The van der Waals surface area contributed by atoms with Gasteiger partial charge in [0.05, 0.1) is 6.10 Å². The third kappa shape index (κ3) is 3.66. The van der Waals surface area contributed by atoms with E-state index in [1.54, 1.807) is 6.20 Å². The van der Waals surface area contributed by atoms with E-state index >= 15 is 0 Å². The maximum Gasteiger partial charge on any atom is 0.135 e. The Kier molecular flexibility index (Phi) is 4.31. The largest absolute Gasteiger partial charge is 0.378 e. The lowest BCUT2D eigenvalue weighted by atomic mass is 10.0. The molecule has 1 aromatic rings. The van der Waals surface area contributed by atoms with Gasteiger partial charge in [0, 0.05) is 45.3 Å². The second kappa shape index (κ2) is 5.96. The number of ether oxygens (including phenoxy) is 1. The number of imidazole rings is 1. The third-order valence-corrected chi connectivity index (χ3v) is 3.28. The summed E-state index contributed by atoms with van der Waals surface area (Å²) < 4.78 is 7.53. The molecule has 94 valence electrons. The van der Waals surface area contributed by atoms with Gasteiger partial charge in [0.1, 0.15) is 11.6 Å². The van der Waals surface area contributed by atoms with Crippen molar-refractivity contribution in [1.82, 2.24) is 9.55 Å². The number of carbonyl (C=O) groups is 1. The Morgan fingerprint density at radius 1 is 1.59 bits per heavy atom. The lowest BCUT2D eigenvalue weighted by Gasteiger charge is -2.21. The van der Waals surface area contributed by atoms with E-state index in [1.807, 2.05) is 17.8 Å². The van der Waals surface area contributed by atoms with Crippen LogP contribution in [0.25, 0.3) is 0 Å². The highest BCUT2D eigenvalue weighted by atomic mass is 16.5. The number of carbonyl (C=O) groups excluding carboxylic acids is 1. The molecule has 1 unspecified atom stereocenters. The molecular formula is C13H20N2O2. The minimum absolute atomic E-state index is 0.164. The Bertz CT molecular complexity index is 367. The number of hydrogen-bond donors (Lipinski definition) is 0. The molecule has 2 heterocycles. The van der Waals surface area contributed by atoms with E-state index in [1.165, 1.54) is 6.42 Å². The van der Waals surface area contributed by atoms with Gasteiger partial charge < -0.3 is 9.30 Å². The minimum atomic E-state index is 0.164. The molecule has 0 spiro atoms. The van der Waals surface area contributed by atoms with Gasteiger partial charge in [0.2, 0.25) is 0 Å². The molecule has 2 rings (SSSR count). The van der Waals surface area contributed by atoms with Gasteiger partial charge in [-0.3, -0.25) is 4.79 Å². The fourth-order valence-electron chi connectivity index (χ4n) is 2.21. The van der Waals surface area contributed by atoms with Crippen molar-refractivity contribution >= 4 is 5.78 Å². The van der Waals surface area contributed by atoms with Crippen LogP contribution in [0.15, 0.2) is 12.4 Å². The van der Waals surface area contributed by atoms with E-state index in [-0.39, 0.29) is 6.10 Å². The average molecular weight is 236 g/mol. The van der Waals surface area contributed by atoms with Gasteiger partial charge in [-0.25, -0.2) is 4.98 Å². The summed E-state index contributed by atoms with van der Waals surface area (Å²) in [7, 11) is 1.96. The smallest absolute Gasteiger partial charge is 0.135 e. The quantitative estimate of drug-likeness (QED) is 0.784. The summed E-state index contributed by atoms with van der Waals surface area (Å²) >= 11 is 0. The molecule has 1 aliphatic rings. The topological polar surface area (TPSA) is 44.1 Å². The van der Waals surface area contributed by atoms with Gasteiger partial charge in [-0.1, -0.05) is 0 Å². The van der Waals surface area contributed by atoms with Crippen molar-refractivity contribution in [3.8, 4) is 0 Å². The summed E-state index contributed by atoms with van der Waals surface area (Å²) in [5.41, 5.74) is 0. The lowest BCUT2D eigenvalue weighted by Crippen LogP contribution is -2.22. The Morgan fingerprint density at radius 3 is 3.12 bits per heavy atom. The van der Waals surface area contributed by atoms with Crippen LogP contribution in [0.5, 0.6) is 0 Å². The SMILES string of the molecule is Cn1ccnc1CCC(=O)CC1CCCCO1. The van der Waals surface area contributed by atoms with E-state index in [0.29, 0.717) is 18.6 Å². The first-order chi connectivity index (χ1) is 8.25. The zero-order valence-electron chi connectivity index (χ0n) is 10.4. The molecule has 0 radical (unpaired) electrons. The van der Waals surface area contributed by atoms with Gasteiger partial charge in [-0.2, -0.15) is 0 Å². The molecule has 0 aromatic carbocycles. The maximum absolute atomic E-state index is 11.8. The van der Waals surface area contributed by atoms with Crippen molar-refractivity contribution < 1.29 is 9.53 Å². The summed E-state index contributed by atoms with van der Waals surface area (Å²) in [6.45, 7) is 0.817. The molecule has 0 amide bonds. The summed E-state index contributed by atoms with van der Waals surface area (Å²) in [6, 6.07) is 0. The highest BCUT2D eigenvalue weighted by Gasteiger charge is 2.17. The predicted molar refractivity (Wildman–Crippen MR) is 64.7 cm³/mol. The Morgan fingerprint density at radius 2 is 2.47 bits per heavy atom. The molecule has 0 saturated carbocycles. The molecule has 1 fully saturated rings. The second-order valence-corrected chi connectivity index (χ2v) is 4.69. The summed E-state index contributed by atoms with van der Waals surface area (Å²) in [5, 5.41) is 0. The van der Waals surface area contributed by atoms with Crippen LogP contribution in [-0.4, -0.2) is 28.0 Å². The molecular weight excluding hydrogens is 216 g/mol. The van der Waals surface area contributed by atoms with Crippen LogP contribution in [0.3, 0.4) is 0 Å². The summed E-state index contributed by atoms with van der Waals surface area (Å²) in [5.74, 6) is 1.27. The highest BCUT2D eigenvalue weighted by Crippen LogP contribution is 2.16. The first-order valence-corrected chi connectivity index (χ1v) is 6.35. The Balaban J connectivity index is 1.72. The van der Waals surface area contributed by atoms with Crippen LogP contribution in [-0.2, 0) is 23.0 Å². The van der Waals surface area contributed by atoms with Gasteiger partial charge >= 0.3 is 0 Å². The molecule has 4 heteroatoms. The van der Waals surface area contributed by atoms with Crippen LogP contribution >= 0.6 is 0 Å². The van der Waals surface area contributed by atoms with E-state index in [2.05, 4.69) is 4.98 Å². The van der Waals surface area contributed by atoms with Crippen molar-refractivity contribution in [2.24, 2.45) is 7.05 Å². The van der Waals surface area contributed by atoms with Crippen LogP contribution in [0.1, 0.15) is 37.9 Å². The molecule has 1 atom stereocenters. The number of ketones is 1. The Hall–Kier alpha value is -1.16. The number of nitrogens with zero attached hydrogens (tertiary/aromatic N) is 2. The number of rotatable bonds is 5. The van der Waals surface area contributed by atoms with Crippen LogP contribution in [0.4, 0.5) is 0 Å². The summed E-state index contributed by atoms with van der Waals surface area (Å²) in [4.78, 5) is 16.0. The van der Waals surface area contributed by atoms with Crippen molar-refractivity contribution in [1.29, 1.82) is 0 Å². The number of aryl methyl sites for hydroxylation is 2. The molecule has 0 bridgehead atoms. The fraction of sp³-hybridized carbons (Fsp3) is 0.692. The van der Waals surface area contributed by atoms with Gasteiger partial charge in [0.15, 0.2) is 0 Å². The first-order valence-electron chi connectivity index (χ1n) is 6.35. The van der Waals surface area contributed by atoms with E-state index in [9.17, 15) is 4.79 Å². The fourth-order valence-corrected chi connectivity index (χ4v) is 2.21. The molecule has 17 heavy (non-hydrogen) atoms. The number of Topliss-reactive ketones (excluding diaryl/α,β-unsaturated/α-hetero) is 1. The normalized spacial score (nSPS) is 20.4. The predicted octanol–water partition coefficient (Wildman–Crippen LogP) is 1.88. The van der Waals surface area contributed by atoms with Crippen molar-refractivity contribution in [2.45, 2.75) is 44.6 Å². The molecule has 1 saturated heterocycles. The van der Waals surface area contributed by atoms with E-state index < -0.39 is 0 Å². The van der Waals surface area contributed by atoms with Crippen molar-refractivity contribution in [3.05, 3.63) is 18.2 Å². The van der Waals surface area contributed by atoms with Crippen molar-refractivity contribution in [3.63, 3.8) is 0 Å². The number of aromatic nitrogens is 2. The van der Waals surface area contributed by atoms with Gasteiger partial charge in [-0.15, -0.1) is 0 Å². The molecule has 1 aliphatic heterocycles. The molecule has 1 aromatic heterocycles. The van der Waals surface area contributed by atoms with Crippen LogP contribution in [0, 0.1) is 0 Å². The zero-order valence-corrected chi connectivity index (χ0v) is 10.4. The monoisotopic (exact) mass is 236 g/mol. The third-order valence-electron chi connectivity index (χ3n) is 3.28. The minimum Gasteiger partial charge on any atom is -0.378 e. The van der Waals surface area contributed by atoms with Crippen LogP contribution < -0.4 is 0 Å². The number of hydrogen-bond acceptors (Lipinski definition) is 3. The van der Waals surface area contributed by atoms with Gasteiger partial charge in [-0.05, 0) is 19.3 Å². The highest BCUT2D eigenvalue weighted by molar-refractivity contribution is 5.79. The lowest BCUT2D eigenvalue weighted by molar-refractivity contribution is -0.122. The standard InChI is InChI=1S/C13H20N2O2/c1-15-8-7-14-13(15)6-5-11(16)10-12-4-2-3-9-17-12/h7-8,12H,2-6,9-10H2,1H3. The van der Waals surface area contributed by atoms with Gasteiger partial charge in [0.25, 0.3) is 0 Å². The summed E-state index contributed by atoms with van der Waals surface area (Å²) in [6.07, 6.45) is 9.08. The zero-order chi connectivity index (χ0) is 12.1. The van der Waals surface area contributed by atoms with E-state index in [4.69, 9.17) is 4.74 Å². The Labute approximate surface area is 102 Å². The molecule has 4 nitrogen and oxygen atoms in total. The van der Waals surface area contributed by atoms with E-state index in [0.717, 1.165) is 31.7 Å². The molecule has 0 aliphatic carbocycles. The van der Waals surface area contributed by atoms with Crippen molar-refractivity contribution in [2.75, 3.05) is 6.61 Å². The maximum atomic E-state index is 11.8. The van der Waals surface area contributed by atoms with Crippen LogP contribution in [0.2, 0.25) is 0 Å². The first kappa shape index (κ1) is 12.3. The molecule has 0 N–H and O–H groups in total. The second-order valence-electron chi connectivity index (χ2n) is 4.69. The average Bonchev–Trinajstić information content (AvgIpc) is 2.74.